The van der Waals surface area contributed by atoms with Crippen molar-refractivity contribution in [2.45, 2.75) is 0 Å². The Morgan fingerprint density at radius 3 is 2.67 bits per heavy atom. The van der Waals surface area contributed by atoms with Gasteiger partial charge in [0.1, 0.15) is 0 Å². The van der Waals surface area contributed by atoms with Crippen molar-refractivity contribution in [1.29, 1.82) is 0 Å². The quantitative estimate of drug-likeness (QED) is 0.315. The fourth-order valence-corrected chi connectivity index (χ4v) is 1.56. The van der Waals surface area contributed by atoms with Crippen LogP contribution in [-0.4, -0.2) is 16.8 Å². The van der Waals surface area contributed by atoms with Gasteiger partial charge in [-0.2, -0.15) is 4.79 Å². The second-order valence-electron chi connectivity index (χ2n) is 3.14. The van der Waals surface area contributed by atoms with E-state index in [1.165, 1.54) is 0 Å². The summed E-state index contributed by atoms with van der Waals surface area (Å²) < 4.78 is 0. The first-order valence-corrected chi connectivity index (χ1v) is 4.52. The third kappa shape index (κ3) is 1.68. The molecule has 0 heterocycles. The fraction of sp³-hybridized carbons (Fsp3) is 0. The summed E-state index contributed by atoms with van der Waals surface area (Å²) in [6.07, 6.45) is 0.905. The van der Waals surface area contributed by atoms with Gasteiger partial charge in [-0.15, -0.1) is 0 Å². The minimum absolute atomic E-state index is 0.297. The largest absolute Gasteiger partial charge is 0.361 e. The molecule has 2 aromatic rings. The van der Waals surface area contributed by atoms with Gasteiger partial charge in [0.25, 0.3) is 5.78 Å². The van der Waals surface area contributed by atoms with Crippen LogP contribution < -0.4 is 0 Å². The van der Waals surface area contributed by atoms with Crippen molar-refractivity contribution in [3.63, 3.8) is 0 Å². The molecule has 0 amide bonds. The molecule has 0 bridgehead atoms. The van der Waals surface area contributed by atoms with Gasteiger partial charge in [-0.3, -0.25) is 4.79 Å². The second kappa shape index (κ2) is 3.86. The van der Waals surface area contributed by atoms with E-state index in [4.69, 9.17) is 5.53 Å². The molecular weight excluding hydrogens is 188 g/mol. The van der Waals surface area contributed by atoms with Crippen LogP contribution in [0.5, 0.6) is 0 Å². The SMILES string of the molecule is [N-]=[N+]=CC(=O)c1cccc2ccccc12. The van der Waals surface area contributed by atoms with Crippen molar-refractivity contribution < 1.29 is 9.58 Å². The number of hydrogen-bond acceptors (Lipinski definition) is 1. The molecule has 0 unspecified atom stereocenters. The van der Waals surface area contributed by atoms with E-state index < -0.39 is 0 Å². The van der Waals surface area contributed by atoms with E-state index in [1.807, 2.05) is 30.3 Å². The average molecular weight is 196 g/mol. The maximum Gasteiger partial charge on any atom is 0.328 e. The highest BCUT2D eigenvalue weighted by atomic mass is 16.1. The van der Waals surface area contributed by atoms with E-state index in [0.717, 1.165) is 17.0 Å². The molecule has 2 rings (SSSR count). The zero-order valence-corrected chi connectivity index (χ0v) is 7.92. The Morgan fingerprint density at radius 2 is 1.87 bits per heavy atom. The number of benzene rings is 2. The Bertz CT molecular complexity index is 563. The molecule has 72 valence electrons. The summed E-state index contributed by atoms with van der Waals surface area (Å²) in [4.78, 5) is 14.3. The normalized spacial score (nSPS) is 9.60. The van der Waals surface area contributed by atoms with Crippen LogP contribution in [0.3, 0.4) is 0 Å². The number of ketones is 1. The third-order valence-electron chi connectivity index (χ3n) is 2.23. The Kier molecular flexibility index (Phi) is 2.40. The highest BCUT2D eigenvalue weighted by Crippen LogP contribution is 2.18. The Morgan fingerprint density at radius 1 is 1.13 bits per heavy atom. The minimum atomic E-state index is -0.297. The molecule has 0 saturated heterocycles. The highest BCUT2D eigenvalue weighted by Gasteiger charge is 2.09. The van der Waals surface area contributed by atoms with Crippen LogP contribution in [0.4, 0.5) is 0 Å². The highest BCUT2D eigenvalue weighted by molar-refractivity contribution is 6.36. The zero-order valence-electron chi connectivity index (χ0n) is 7.92. The van der Waals surface area contributed by atoms with Crippen LogP contribution in [0, 0.1) is 0 Å². The topological polar surface area (TPSA) is 53.5 Å². The first kappa shape index (κ1) is 9.31. The van der Waals surface area contributed by atoms with Crippen molar-refractivity contribution in [2.75, 3.05) is 0 Å². The lowest BCUT2D eigenvalue weighted by Crippen LogP contribution is -2.01. The average Bonchev–Trinajstić information content (AvgIpc) is 2.28. The number of rotatable bonds is 2. The number of carbonyl (C=O) groups excluding carboxylic acids is 1. The summed E-state index contributed by atoms with van der Waals surface area (Å²) in [6.45, 7) is 0. The van der Waals surface area contributed by atoms with Gasteiger partial charge in [-0.1, -0.05) is 42.5 Å². The minimum Gasteiger partial charge on any atom is -0.361 e. The number of fused-ring (bicyclic) bond motifs is 1. The molecule has 0 atom stereocenters. The summed E-state index contributed by atoms with van der Waals surface area (Å²) in [6, 6.07) is 13.0. The van der Waals surface area contributed by atoms with Crippen LogP contribution in [0.2, 0.25) is 0 Å². The second-order valence-corrected chi connectivity index (χ2v) is 3.14. The van der Waals surface area contributed by atoms with Crippen molar-refractivity contribution in [1.82, 2.24) is 0 Å². The maximum atomic E-state index is 11.5. The summed E-state index contributed by atoms with van der Waals surface area (Å²) in [7, 11) is 0. The van der Waals surface area contributed by atoms with Crippen molar-refractivity contribution >= 4 is 22.8 Å². The van der Waals surface area contributed by atoms with Crippen LogP contribution in [0.15, 0.2) is 42.5 Å². The standard InChI is InChI=1S/C12H8N2O/c13-14-8-12(15)11-7-3-5-9-4-1-2-6-10(9)11/h1-8H. The van der Waals surface area contributed by atoms with Gasteiger partial charge in [-0.05, 0) is 10.8 Å². The van der Waals surface area contributed by atoms with E-state index in [0.29, 0.717) is 5.56 Å². The summed E-state index contributed by atoms with van der Waals surface area (Å²) in [5.74, 6) is -0.297. The van der Waals surface area contributed by atoms with Gasteiger partial charge in [0.2, 0.25) is 0 Å². The lowest BCUT2D eigenvalue weighted by Gasteiger charge is -2.00. The summed E-state index contributed by atoms with van der Waals surface area (Å²) >= 11 is 0. The summed E-state index contributed by atoms with van der Waals surface area (Å²) in [5.41, 5.74) is 8.87. The zero-order chi connectivity index (χ0) is 10.7. The molecular formula is C12H8N2O. The van der Waals surface area contributed by atoms with Crippen LogP contribution in [-0.2, 0) is 0 Å². The molecule has 0 N–H and O–H groups in total. The Hall–Kier alpha value is -2.25. The molecule has 0 aliphatic rings. The van der Waals surface area contributed by atoms with E-state index in [2.05, 4.69) is 4.79 Å². The van der Waals surface area contributed by atoms with E-state index in [1.54, 1.807) is 12.1 Å². The molecule has 0 radical (unpaired) electrons. The smallest absolute Gasteiger partial charge is 0.328 e. The predicted octanol–water partition coefficient (Wildman–Crippen LogP) is 2.32. The van der Waals surface area contributed by atoms with Crippen LogP contribution >= 0.6 is 0 Å². The number of hydrogen-bond donors (Lipinski definition) is 0. The van der Waals surface area contributed by atoms with Crippen molar-refractivity contribution in [3.05, 3.63) is 53.6 Å². The van der Waals surface area contributed by atoms with E-state index in [-0.39, 0.29) is 5.78 Å². The molecule has 0 aliphatic heterocycles. The molecule has 15 heavy (non-hydrogen) atoms. The van der Waals surface area contributed by atoms with Gasteiger partial charge in [-0.25, -0.2) is 0 Å². The molecule has 3 heteroatoms. The van der Waals surface area contributed by atoms with Gasteiger partial charge in [0.15, 0.2) is 0 Å². The van der Waals surface area contributed by atoms with Crippen LogP contribution in [0.1, 0.15) is 10.4 Å². The number of Topliss-reactive ketones (excluding diaryl/α,β-unsaturated/α-hetero) is 1. The van der Waals surface area contributed by atoms with Gasteiger partial charge >= 0.3 is 6.21 Å². The first-order valence-electron chi connectivity index (χ1n) is 4.52. The molecule has 0 spiro atoms. The Labute approximate surface area is 86.6 Å². The van der Waals surface area contributed by atoms with Crippen molar-refractivity contribution in [3.8, 4) is 0 Å². The van der Waals surface area contributed by atoms with E-state index >= 15 is 0 Å². The van der Waals surface area contributed by atoms with Gasteiger partial charge in [0.05, 0.1) is 0 Å². The molecule has 2 aromatic carbocycles. The van der Waals surface area contributed by atoms with Gasteiger partial charge in [0, 0.05) is 5.56 Å². The number of nitrogens with zero attached hydrogens (tertiary/aromatic N) is 2. The monoisotopic (exact) mass is 196 g/mol. The van der Waals surface area contributed by atoms with Gasteiger partial charge < -0.3 is 5.53 Å². The van der Waals surface area contributed by atoms with Crippen LogP contribution in [0.25, 0.3) is 16.3 Å². The van der Waals surface area contributed by atoms with Crippen molar-refractivity contribution in [2.24, 2.45) is 0 Å². The molecule has 3 nitrogen and oxygen atoms in total. The fourth-order valence-electron chi connectivity index (χ4n) is 1.56. The molecule has 0 aromatic heterocycles. The lowest BCUT2D eigenvalue weighted by molar-refractivity contribution is 0.00236. The third-order valence-corrected chi connectivity index (χ3v) is 2.23. The summed E-state index contributed by atoms with van der Waals surface area (Å²) in [5, 5.41) is 1.86. The maximum absolute atomic E-state index is 11.5. The molecule has 0 fully saturated rings. The predicted molar refractivity (Wildman–Crippen MR) is 58.0 cm³/mol. The molecule has 0 saturated carbocycles. The number of carbonyl (C=O) groups is 1. The molecule has 0 aliphatic carbocycles. The Balaban J connectivity index is 2.71. The first-order chi connectivity index (χ1) is 7.33. The van der Waals surface area contributed by atoms with E-state index in [9.17, 15) is 4.79 Å². The lowest BCUT2D eigenvalue weighted by atomic mass is 10.0.